The number of piperazine rings is 1. The van der Waals surface area contributed by atoms with Crippen LogP contribution < -0.4 is 10.6 Å². The van der Waals surface area contributed by atoms with Gasteiger partial charge in [-0.1, -0.05) is 62.4 Å². The average molecular weight is 544 g/mol. The Labute approximate surface area is 231 Å². The predicted molar refractivity (Wildman–Crippen MR) is 155 cm³/mol. The molecule has 8 nitrogen and oxygen atoms in total. The number of phenols is 1. The Bertz CT molecular complexity index is 1650. The highest BCUT2D eigenvalue weighted by Crippen LogP contribution is 2.37. The molecule has 5 rings (SSSR count). The average Bonchev–Trinajstić information content (AvgIpc) is 2.92. The van der Waals surface area contributed by atoms with Crippen LogP contribution in [-0.2, 0) is 4.79 Å². The maximum absolute atomic E-state index is 13.8. The third-order valence-electron chi connectivity index (χ3n) is 7.15. The van der Waals surface area contributed by atoms with Gasteiger partial charge < -0.3 is 14.9 Å². The molecule has 0 spiro atoms. The topological polar surface area (TPSA) is 91.6 Å². The Morgan fingerprint density at radius 3 is 2.54 bits per heavy atom. The lowest BCUT2D eigenvalue weighted by atomic mass is 10.0. The van der Waals surface area contributed by atoms with E-state index in [9.17, 15) is 14.7 Å². The van der Waals surface area contributed by atoms with E-state index in [1.54, 1.807) is 35.2 Å². The number of hydrogen-bond donors (Lipinski definition) is 1. The number of rotatable bonds is 5. The summed E-state index contributed by atoms with van der Waals surface area (Å²) in [4.78, 5) is 39.3. The molecule has 0 radical (unpaired) electrons. The number of carbonyl (C=O) groups excluding carboxylic acids is 1. The molecule has 0 saturated carbocycles. The number of fused-ring (bicyclic) bond motifs is 1. The maximum atomic E-state index is 13.8. The number of para-hydroxylation sites is 2. The maximum Gasteiger partial charge on any atom is 0.355 e. The van der Waals surface area contributed by atoms with E-state index in [1.165, 1.54) is 10.6 Å². The molecule has 1 saturated heterocycles. The number of nitrogens with zero attached hydrogens (tertiary/aromatic N) is 5. The highest BCUT2D eigenvalue weighted by molar-refractivity contribution is 6.34. The van der Waals surface area contributed by atoms with Gasteiger partial charge in [0.05, 0.1) is 21.8 Å². The first-order valence-electron chi connectivity index (χ1n) is 12.9. The zero-order valence-corrected chi connectivity index (χ0v) is 22.9. The van der Waals surface area contributed by atoms with Crippen molar-refractivity contribution in [1.82, 2.24) is 19.4 Å². The lowest BCUT2D eigenvalue weighted by molar-refractivity contribution is -0.126. The largest absolute Gasteiger partial charge is 0.507 e. The molecular weight excluding hydrogens is 514 g/mol. The van der Waals surface area contributed by atoms with E-state index in [0.717, 1.165) is 5.56 Å². The number of aromatic hydroxyl groups is 1. The molecule has 1 unspecified atom stereocenters. The third-order valence-corrected chi connectivity index (χ3v) is 7.43. The molecule has 1 N–H and O–H groups in total. The number of carbonyl (C=O) groups is 1. The van der Waals surface area contributed by atoms with Crippen molar-refractivity contribution in [1.29, 1.82) is 0 Å². The van der Waals surface area contributed by atoms with Gasteiger partial charge in [0.25, 0.3) is 0 Å². The molecule has 1 amide bonds. The highest BCUT2D eigenvalue weighted by Gasteiger charge is 2.30. The molecule has 3 heterocycles. The fourth-order valence-corrected chi connectivity index (χ4v) is 5.44. The zero-order valence-electron chi connectivity index (χ0n) is 22.1. The quantitative estimate of drug-likeness (QED) is 0.350. The van der Waals surface area contributed by atoms with E-state index in [0.29, 0.717) is 58.5 Å². The smallest absolute Gasteiger partial charge is 0.355 e. The molecule has 39 heavy (non-hydrogen) atoms. The van der Waals surface area contributed by atoms with Gasteiger partial charge in [-0.2, -0.15) is 4.98 Å². The van der Waals surface area contributed by atoms with E-state index >= 15 is 0 Å². The van der Waals surface area contributed by atoms with Gasteiger partial charge in [0, 0.05) is 31.2 Å². The number of halogens is 1. The minimum atomic E-state index is -0.472. The van der Waals surface area contributed by atoms with E-state index in [4.69, 9.17) is 16.6 Å². The predicted octanol–water partition coefficient (Wildman–Crippen LogP) is 5.15. The Morgan fingerprint density at radius 2 is 1.85 bits per heavy atom. The number of hydrogen-bond acceptors (Lipinski definition) is 6. The van der Waals surface area contributed by atoms with Crippen molar-refractivity contribution in [3.05, 3.63) is 88.3 Å². The lowest BCUT2D eigenvalue weighted by Crippen LogP contribution is -2.54. The van der Waals surface area contributed by atoms with E-state index in [-0.39, 0.29) is 23.6 Å². The summed E-state index contributed by atoms with van der Waals surface area (Å²) in [5, 5.41) is 11.5. The van der Waals surface area contributed by atoms with Gasteiger partial charge in [0.1, 0.15) is 11.6 Å². The van der Waals surface area contributed by atoms with Crippen molar-refractivity contribution >= 4 is 34.4 Å². The Morgan fingerprint density at radius 1 is 1.13 bits per heavy atom. The van der Waals surface area contributed by atoms with Gasteiger partial charge >= 0.3 is 5.69 Å². The second-order valence-corrected chi connectivity index (χ2v) is 10.4. The van der Waals surface area contributed by atoms with Crippen molar-refractivity contribution in [2.24, 2.45) is 0 Å². The van der Waals surface area contributed by atoms with Crippen LogP contribution in [0.15, 0.2) is 72.0 Å². The number of phenolic OH excluding ortho intramolecular Hbond substituents is 1. The van der Waals surface area contributed by atoms with E-state index in [1.807, 2.05) is 36.1 Å². The minimum absolute atomic E-state index is 0.0358. The first kappa shape index (κ1) is 26.4. The summed E-state index contributed by atoms with van der Waals surface area (Å²) in [6.45, 7) is 11.1. The number of anilines is 1. The van der Waals surface area contributed by atoms with Gasteiger partial charge in [0.2, 0.25) is 5.91 Å². The summed E-state index contributed by atoms with van der Waals surface area (Å²) >= 11 is 6.79. The molecular formula is C30H30ClN5O3. The van der Waals surface area contributed by atoms with Crippen molar-refractivity contribution in [3.63, 3.8) is 0 Å². The van der Waals surface area contributed by atoms with Crippen LogP contribution in [0.3, 0.4) is 0 Å². The van der Waals surface area contributed by atoms with E-state index < -0.39 is 5.69 Å². The normalized spacial score (nSPS) is 15.7. The molecule has 0 aliphatic carbocycles. The van der Waals surface area contributed by atoms with Gasteiger partial charge in [-0.05, 0) is 48.7 Å². The minimum Gasteiger partial charge on any atom is -0.507 e. The standard InChI is InChI=1S/C30H30ClN5O3/c1-5-26(38)34-14-15-35(19(4)17-34)28-22-16-23(31)27(21-11-7-9-13-25(21)37)32-29(22)36(30(39)33-28)24-12-8-6-10-20(24)18(2)3/h5-13,16,18-19,37H,1,14-15,17H2,2-4H3. The van der Waals surface area contributed by atoms with Crippen molar-refractivity contribution in [3.8, 4) is 22.7 Å². The van der Waals surface area contributed by atoms with Crippen LogP contribution in [-0.4, -0.2) is 56.1 Å². The lowest BCUT2D eigenvalue weighted by Gasteiger charge is -2.40. The first-order chi connectivity index (χ1) is 18.7. The molecule has 2 aromatic carbocycles. The summed E-state index contributed by atoms with van der Waals surface area (Å²) in [7, 11) is 0. The summed E-state index contributed by atoms with van der Waals surface area (Å²) in [5.74, 6) is 0.513. The van der Waals surface area contributed by atoms with Crippen LogP contribution in [0.1, 0.15) is 32.3 Å². The second-order valence-electron chi connectivity index (χ2n) is 10.0. The van der Waals surface area contributed by atoms with Crippen LogP contribution in [0.5, 0.6) is 5.75 Å². The van der Waals surface area contributed by atoms with Crippen molar-refractivity contribution in [2.75, 3.05) is 24.5 Å². The summed E-state index contributed by atoms with van der Waals surface area (Å²) in [6, 6.07) is 16.2. The summed E-state index contributed by atoms with van der Waals surface area (Å²) in [5.41, 5.74) is 2.40. The molecule has 1 atom stereocenters. The Kier molecular flexibility index (Phi) is 7.14. The van der Waals surface area contributed by atoms with Crippen LogP contribution in [0.2, 0.25) is 5.02 Å². The molecule has 9 heteroatoms. The number of aromatic nitrogens is 3. The molecule has 2 aromatic heterocycles. The highest BCUT2D eigenvalue weighted by atomic mass is 35.5. The van der Waals surface area contributed by atoms with Crippen LogP contribution in [0.25, 0.3) is 28.0 Å². The van der Waals surface area contributed by atoms with Crippen LogP contribution in [0.4, 0.5) is 5.82 Å². The molecule has 1 aliphatic rings. The van der Waals surface area contributed by atoms with Gasteiger partial charge in [-0.3, -0.25) is 4.79 Å². The molecule has 0 bridgehead atoms. The Balaban J connectivity index is 1.78. The van der Waals surface area contributed by atoms with Gasteiger partial charge in [-0.25, -0.2) is 14.3 Å². The van der Waals surface area contributed by atoms with E-state index in [2.05, 4.69) is 25.4 Å². The second kappa shape index (κ2) is 10.5. The summed E-state index contributed by atoms with van der Waals surface area (Å²) in [6.07, 6.45) is 1.31. The number of amides is 1. The molecule has 1 aliphatic heterocycles. The SMILES string of the molecule is C=CC(=O)N1CCN(c2nc(=O)n(-c3ccccc3C(C)C)c3nc(-c4ccccc4O)c(Cl)cc23)C(C)C1. The van der Waals surface area contributed by atoms with Crippen LogP contribution >= 0.6 is 11.6 Å². The number of pyridine rings is 1. The Hall–Kier alpha value is -4.17. The fraction of sp³-hybridized carbons (Fsp3) is 0.267. The van der Waals surface area contributed by atoms with Crippen molar-refractivity contribution in [2.45, 2.75) is 32.7 Å². The zero-order chi connectivity index (χ0) is 27.8. The van der Waals surface area contributed by atoms with Crippen molar-refractivity contribution < 1.29 is 9.90 Å². The molecule has 4 aromatic rings. The van der Waals surface area contributed by atoms with Gasteiger partial charge in [-0.15, -0.1) is 0 Å². The monoisotopic (exact) mass is 543 g/mol. The molecule has 1 fully saturated rings. The molecule has 200 valence electrons. The third kappa shape index (κ3) is 4.76. The van der Waals surface area contributed by atoms with Gasteiger partial charge in [0.15, 0.2) is 5.65 Å². The van der Waals surface area contributed by atoms with Crippen LogP contribution in [0, 0.1) is 0 Å². The fourth-order valence-electron chi connectivity index (χ4n) is 5.19. The first-order valence-corrected chi connectivity index (χ1v) is 13.3. The number of benzene rings is 2. The summed E-state index contributed by atoms with van der Waals surface area (Å²) < 4.78 is 1.52.